The van der Waals surface area contributed by atoms with Crippen molar-refractivity contribution in [2.24, 2.45) is 5.92 Å². The van der Waals surface area contributed by atoms with Crippen LogP contribution in [0.5, 0.6) is 0 Å². The van der Waals surface area contributed by atoms with Gasteiger partial charge < -0.3 is 4.52 Å². The maximum atomic E-state index is 12.3. The smallest absolute Gasteiger partial charge is 0.248 e. The van der Waals surface area contributed by atoms with E-state index in [4.69, 9.17) is 4.52 Å². The van der Waals surface area contributed by atoms with Crippen LogP contribution in [0.15, 0.2) is 9.42 Å². The van der Waals surface area contributed by atoms with Gasteiger partial charge in [-0.3, -0.25) is 0 Å². The van der Waals surface area contributed by atoms with Crippen LogP contribution in [0, 0.1) is 19.8 Å². The molecule has 1 fully saturated rings. The minimum absolute atomic E-state index is 0.238. The highest BCUT2D eigenvalue weighted by atomic mass is 32.2. The molecule has 2 heterocycles. The van der Waals surface area contributed by atoms with Gasteiger partial charge in [-0.2, -0.15) is 4.31 Å². The Balaban J connectivity index is 2.40. The van der Waals surface area contributed by atoms with Crippen molar-refractivity contribution >= 4 is 10.0 Å². The van der Waals surface area contributed by atoms with E-state index in [0.717, 1.165) is 6.42 Å². The molecule has 0 radical (unpaired) electrons. The molecular weight excluding hydrogens is 228 g/mol. The summed E-state index contributed by atoms with van der Waals surface area (Å²) < 4.78 is 31.0. The van der Waals surface area contributed by atoms with Gasteiger partial charge >= 0.3 is 0 Å². The molecule has 16 heavy (non-hydrogen) atoms. The minimum atomic E-state index is -3.41. The van der Waals surface area contributed by atoms with E-state index in [-0.39, 0.29) is 4.90 Å². The molecule has 1 saturated heterocycles. The van der Waals surface area contributed by atoms with Crippen molar-refractivity contribution in [1.82, 2.24) is 9.46 Å². The molecule has 1 aliphatic rings. The molecule has 90 valence electrons. The lowest BCUT2D eigenvalue weighted by Gasteiger charge is -2.15. The molecule has 0 spiro atoms. The molecular formula is C10H16N2O3S. The molecule has 1 aromatic rings. The Bertz CT molecular complexity index is 473. The zero-order valence-corrected chi connectivity index (χ0v) is 10.5. The number of hydrogen-bond donors (Lipinski definition) is 0. The van der Waals surface area contributed by atoms with Gasteiger partial charge in [0, 0.05) is 13.1 Å². The first-order valence-corrected chi connectivity index (χ1v) is 6.80. The second-order valence-electron chi connectivity index (χ2n) is 4.41. The van der Waals surface area contributed by atoms with Crippen LogP contribution < -0.4 is 0 Å². The lowest BCUT2D eigenvalue weighted by atomic mass is 10.2. The topological polar surface area (TPSA) is 63.4 Å². The van der Waals surface area contributed by atoms with Crippen molar-refractivity contribution in [3.8, 4) is 0 Å². The maximum Gasteiger partial charge on any atom is 0.248 e. The Morgan fingerprint density at radius 3 is 2.56 bits per heavy atom. The lowest BCUT2D eigenvalue weighted by Crippen LogP contribution is -2.29. The van der Waals surface area contributed by atoms with Crippen LogP contribution in [0.2, 0.25) is 0 Å². The lowest BCUT2D eigenvalue weighted by molar-refractivity contribution is 0.389. The molecule has 0 amide bonds. The first kappa shape index (κ1) is 11.6. The quantitative estimate of drug-likeness (QED) is 0.787. The summed E-state index contributed by atoms with van der Waals surface area (Å²) in [6, 6.07) is 0. The summed E-state index contributed by atoms with van der Waals surface area (Å²) in [6.07, 6.45) is 0.919. The molecule has 2 rings (SSSR count). The van der Waals surface area contributed by atoms with Crippen molar-refractivity contribution < 1.29 is 12.9 Å². The third-order valence-corrected chi connectivity index (χ3v) is 5.06. The van der Waals surface area contributed by atoms with Crippen LogP contribution >= 0.6 is 0 Å². The van der Waals surface area contributed by atoms with Crippen molar-refractivity contribution in [2.75, 3.05) is 13.1 Å². The van der Waals surface area contributed by atoms with Gasteiger partial charge in [0.05, 0.1) is 0 Å². The van der Waals surface area contributed by atoms with E-state index in [1.807, 2.05) is 0 Å². The molecule has 1 unspecified atom stereocenters. The number of sulfonamides is 1. The molecule has 1 atom stereocenters. The Morgan fingerprint density at radius 1 is 1.44 bits per heavy atom. The van der Waals surface area contributed by atoms with Crippen LogP contribution in [-0.2, 0) is 10.0 Å². The van der Waals surface area contributed by atoms with Crippen LogP contribution in [0.25, 0.3) is 0 Å². The molecule has 0 aliphatic carbocycles. The SMILES string of the molecule is Cc1noc(C)c1S(=O)(=O)N1CCC(C)C1. The van der Waals surface area contributed by atoms with Crippen molar-refractivity contribution in [3.05, 3.63) is 11.5 Å². The van der Waals surface area contributed by atoms with Crippen LogP contribution in [-0.4, -0.2) is 31.0 Å². The van der Waals surface area contributed by atoms with Gasteiger partial charge in [-0.05, 0) is 26.2 Å². The van der Waals surface area contributed by atoms with Crippen LogP contribution in [0.1, 0.15) is 24.8 Å². The summed E-state index contributed by atoms with van der Waals surface area (Å²) in [5, 5.41) is 3.69. The molecule has 1 aromatic heterocycles. The molecule has 0 bridgehead atoms. The highest BCUT2D eigenvalue weighted by Gasteiger charge is 2.34. The van der Waals surface area contributed by atoms with Gasteiger partial charge in [-0.25, -0.2) is 8.42 Å². The fraction of sp³-hybridized carbons (Fsp3) is 0.700. The second-order valence-corrected chi connectivity index (χ2v) is 6.28. The Morgan fingerprint density at radius 2 is 2.12 bits per heavy atom. The minimum Gasteiger partial charge on any atom is -0.360 e. The van der Waals surface area contributed by atoms with E-state index in [0.29, 0.717) is 30.5 Å². The third-order valence-electron chi connectivity index (χ3n) is 2.95. The Labute approximate surface area is 95.5 Å². The van der Waals surface area contributed by atoms with Gasteiger partial charge in [-0.1, -0.05) is 12.1 Å². The monoisotopic (exact) mass is 244 g/mol. The van der Waals surface area contributed by atoms with Crippen molar-refractivity contribution in [2.45, 2.75) is 32.1 Å². The number of hydrogen-bond acceptors (Lipinski definition) is 4. The highest BCUT2D eigenvalue weighted by Crippen LogP contribution is 2.27. The first-order valence-electron chi connectivity index (χ1n) is 5.36. The van der Waals surface area contributed by atoms with E-state index in [2.05, 4.69) is 12.1 Å². The molecule has 6 heteroatoms. The molecule has 0 saturated carbocycles. The number of nitrogens with zero attached hydrogens (tertiary/aromatic N) is 2. The third kappa shape index (κ3) is 1.76. The summed E-state index contributed by atoms with van der Waals surface area (Å²) in [6.45, 7) is 6.53. The number of rotatable bonds is 2. The van der Waals surface area contributed by atoms with Crippen LogP contribution in [0.3, 0.4) is 0 Å². The van der Waals surface area contributed by atoms with Gasteiger partial charge in [0.15, 0.2) is 5.76 Å². The van der Waals surface area contributed by atoms with Gasteiger partial charge in [0.25, 0.3) is 0 Å². The number of aromatic nitrogens is 1. The van der Waals surface area contributed by atoms with Gasteiger partial charge in [0.1, 0.15) is 10.6 Å². The largest absolute Gasteiger partial charge is 0.360 e. The van der Waals surface area contributed by atoms with Crippen molar-refractivity contribution in [3.63, 3.8) is 0 Å². The fourth-order valence-corrected chi connectivity index (χ4v) is 3.95. The summed E-state index contributed by atoms with van der Waals surface area (Å²) >= 11 is 0. The van der Waals surface area contributed by atoms with E-state index < -0.39 is 10.0 Å². The van der Waals surface area contributed by atoms with E-state index in [1.165, 1.54) is 4.31 Å². The normalized spacial score (nSPS) is 22.8. The average molecular weight is 244 g/mol. The summed E-state index contributed by atoms with van der Waals surface area (Å²) in [5.41, 5.74) is 0.442. The fourth-order valence-electron chi connectivity index (χ4n) is 2.08. The Kier molecular flexibility index (Phi) is 2.79. The standard InChI is InChI=1S/C10H16N2O3S/c1-7-4-5-12(6-7)16(13,14)10-8(2)11-15-9(10)3/h7H,4-6H2,1-3H3. The van der Waals surface area contributed by atoms with E-state index in [9.17, 15) is 8.42 Å². The molecule has 0 N–H and O–H groups in total. The van der Waals surface area contributed by atoms with Crippen LogP contribution in [0.4, 0.5) is 0 Å². The predicted molar refractivity (Wildman–Crippen MR) is 58.5 cm³/mol. The Hall–Kier alpha value is -0.880. The van der Waals surface area contributed by atoms with E-state index in [1.54, 1.807) is 13.8 Å². The summed E-state index contributed by atoms with van der Waals surface area (Å²) in [7, 11) is -3.41. The number of aryl methyl sites for hydroxylation is 2. The summed E-state index contributed by atoms with van der Waals surface area (Å²) in [5.74, 6) is 0.798. The second kappa shape index (κ2) is 3.85. The first-order chi connectivity index (χ1) is 7.43. The van der Waals surface area contributed by atoms with E-state index >= 15 is 0 Å². The van der Waals surface area contributed by atoms with Crippen molar-refractivity contribution in [1.29, 1.82) is 0 Å². The zero-order valence-electron chi connectivity index (χ0n) is 9.73. The highest BCUT2D eigenvalue weighted by molar-refractivity contribution is 7.89. The average Bonchev–Trinajstić information content (AvgIpc) is 2.74. The molecule has 5 nitrogen and oxygen atoms in total. The molecule has 1 aliphatic heterocycles. The zero-order chi connectivity index (χ0) is 11.9. The summed E-state index contributed by atoms with van der Waals surface area (Å²) in [4.78, 5) is 0.238. The van der Waals surface area contributed by atoms with Gasteiger partial charge in [0.2, 0.25) is 10.0 Å². The molecule has 0 aromatic carbocycles. The van der Waals surface area contributed by atoms with Gasteiger partial charge in [-0.15, -0.1) is 0 Å². The maximum absolute atomic E-state index is 12.3. The predicted octanol–water partition coefficient (Wildman–Crippen LogP) is 1.32.